The Morgan fingerprint density at radius 3 is 2.67 bits per heavy atom. The van der Waals surface area contributed by atoms with Crippen LogP contribution in [0.5, 0.6) is 11.5 Å². The van der Waals surface area contributed by atoms with Crippen LogP contribution in [0.2, 0.25) is 0 Å². The van der Waals surface area contributed by atoms with Crippen LogP contribution in [-0.2, 0) is 14.1 Å². The largest absolute Gasteiger partial charge is 0.507 e. The van der Waals surface area contributed by atoms with Crippen molar-refractivity contribution >= 4 is 49.3 Å². The molecule has 2 aromatic heterocycles. The smallest absolute Gasteiger partial charge is 0.261 e. The average Bonchev–Trinajstić information content (AvgIpc) is 3.15. The van der Waals surface area contributed by atoms with Crippen molar-refractivity contribution in [2.24, 2.45) is 14.1 Å². The molecular weight excluding hydrogens is 414 g/mol. The van der Waals surface area contributed by atoms with Crippen LogP contribution in [0.4, 0.5) is 5.69 Å². The molecule has 0 aliphatic heterocycles. The zero-order chi connectivity index (χ0) is 19.3. The van der Waals surface area contributed by atoms with Crippen molar-refractivity contribution in [3.63, 3.8) is 0 Å². The van der Waals surface area contributed by atoms with E-state index in [0.29, 0.717) is 21.4 Å². The first kappa shape index (κ1) is 17.3. The SMILES string of the molecule is COc1cc2nn(C)cc2cc1NC(=O)c1c(O)cc(Br)c2cn(C)nc12. The van der Waals surface area contributed by atoms with Gasteiger partial charge in [0.15, 0.2) is 0 Å². The normalized spacial score (nSPS) is 11.3. The molecule has 0 aliphatic rings. The zero-order valence-corrected chi connectivity index (χ0v) is 16.4. The van der Waals surface area contributed by atoms with E-state index < -0.39 is 5.91 Å². The van der Waals surface area contributed by atoms with E-state index >= 15 is 0 Å². The molecule has 4 rings (SSSR count). The Morgan fingerprint density at radius 1 is 1.19 bits per heavy atom. The number of ether oxygens (including phenoxy) is 1. The summed E-state index contributed by atoms with van der Waals surface area (Å²) in [5, 5.41) is 23.4. The van der Waals surface area contributed by atoms with E-state index in [-0.39, 0.29) is 11.3 Å². The van der Waals surface area contributed by atoms with Gasteiger partial charge in [-0.2, -0.15) is 10.2 Å². The fourth-order valence-corrected chi connectivity index (χ4v) is 3.60. The molecule has 0 bridgehead atoms. The van der Waals surface area contributed by atoms with Gasteiger partial charge in [0, 0.05) is 47.8 Å². The predicted molar refractivity (Wildman–Crippen MR) is 105 cm³/mol. The Hall–Kier alpha value is -3.07. The van der Waals surface area contributed by atoms with E-state index in [0.717, 1.165) is 16.3 Å². The van der Waals surface area contributed by atoms with Crippen molar-refractivity contribution in [1.29, 1.82) is 0 Å². The Bertz CT molecular complexity index is 1210. The second kappa shape index (κ2) is 6.27. The third-order valence-corrected chi connectivity index (χ3v) is 4.91. The lowest BCUT2D eigenvalue weighted by atomic mass is 10.1. The molecular formula is C18H16BrN5O3. The number of hydrogen-bond acceptors (Lipinski definition) is 5. The van der Waals surface area contributed by atoms with E-state index in [4.69, 9.17) is 4.74 Å². The van der Waals surface area contributed by atoms with Crippen LogP contribution in [-0.4, -0.2) is 37.7 Å². The second-order valence-corrected chi connectivity index (χ2v) is 7.04. The number of carbonyl (C=O) groups is 1. The fraction of sp³-hybridized carbons (Fsp3) is 0.167. The molecule has 0 spiro atoms. The first-order valence-electron chi connectivity index (χ1n) is 8.05. The number of hydrogen-bond donors (Lipinski definition) is 2. The van der Waals surface area contributed by atoms with Gasteiger partial charge >= 0.3 is 0 Å². The predicted octanol–water partition coefficient (Wildman–Crippen LogP) is 3.19. The van der Waals surface area contributed by atoms with Crippen LogP contribution in [0.3, 0.4) is 0 Å². The van der Waals surface area contributed by atoms with Gasteiger partial charge in [0.25, 0.3) is 5.91 Å². The van der Waals surface area contributed by atoms with E-state index in [2.05, 4.69) is 31.4 Å². The molecule has 138 valence electrons. The molecule has 9 heteroatoms. The summed E-state index contributed by atoms with van der Waals surface area (Å²) in [6.45, 7) is 0. The molecule has 8 nitrogen and oxygen atoms in total. The van der Waals surface area contributed by atoms with Crippen molar-refractivity contribution in [2.45, 2.75) is 0 Å². The lowest BCUT2D eigenvalue weighted by Crippen LogP contribution is -2.14. The number of nitrogens with zero attached hydrogens (tertiary/aromatic N) is 4. The molecule has 0 saturated carbocycles. The third-order valence-electron chi connectivity index (χ3n) is 4.26. The summed E-state index contributed by atoms with van der Waals surface area (Å²) in [6, 6.07) is 5.02. The van der Waals surface area contributed by atoms with Gasteiger partial charge in [0.1, 0.15) is 22.6 Å². The van der Waals surface area contributed by atoms with Crippen LogP contribution in [0.25, 0.3) is 21.8 Å². The van der Waals surface area contributed by atoms with Gasteiger partial charge in [-0.25, -0.2) is 0 Å². The number of aromatic nitrogens is 4. The van der Waals surface area contributed by atoms with Crippen molar-refractivity contribution in [1.82, 2.24) is 19.6 Å². The highest BCUT2D eigenvalue weighted by Gasteiger charge is 2.21. The summed E-state index contributed by atoms with van der Waals surface area (Å²) < 4.78 is 9.33. The Balaban J connectivity index is 1.81. The minimum Gasteiger partial charge on any atom is -0.507 e. The quantitative estimate of drug-likeness (QED) is 0.521. The number of methoxy groups -OCH3 is 1. The number of aromatic hydroxyl groups is 1. The van der Waals surface area contributed by atoms with Gasteiger partial charge < -0.3 is 15.2 Å². The minimum absolute atomic E-state index is 0.0992. The monoisotopic (exact) mass is 429 g/mol. The lowest BCUT2D eigenvalue weighted by molar-refractivity contribution is 0.102. The van der Waals surface area contributed by atoms with Gasteiger partial charge in [0.05, 0.1) is 18.3 Å². The molecule has 0 saturated heterocycles. The highest BCUT2D eigenvalue weighted by molar-refractivity contribution is 9.10. The second-order valence-electron chi connectivity index (χ2n) is 6.19. The number of aryl methyl sites for hydroxylation is 2. The first-order chi connectivity index (χ1) is 12.9. The Morgan fingerprint density at radius 2 is 1.93 bits per heavy atom. The minimum atomic E-state index is -0.481. The van der Waals surface area contributed by atoms with Crippen molar-refractivity contribution in [3.05, 3.63) is 40.6 Å². The summed E-state index contributed by atoms with van der Waals surface area (Å²) in [7, 11) is 5.10. The number of halogens is 1. The van der Waals surface area contributed by atoms with E-state index in [1.165, 1.54) is 13.2 Å². The van der Waals surface area contributed by atoms with Crippen LogP contribution in [0.1, 0.15) is 10.4 Å². The van der Waals surface area contributed by atoms with Gasteiger partial charge in [-0.15, -0.1) is 0 Å². The van der Waals surface area contributed by atoms with Crippen LogP contribution in [0, 0.1) is 0 Å². The average molecular weight is 430 g/mol. The van der Waals surface area contributed by atoms with Crippen LogP contribution in [0.15, 0.2) is 35.1 Å². The number of phenols is 1. The van der Waals surface area contributed by atoms with Gasteiger partial charge in [-0.05, 0) is 28.1 Å². The number of benzene rings is 2. The molecule has 0 unspecified atom stereocenters. The van der Waals surface area contributed by atoms with Crippen molar-refractivity contribution < 1.29 is 14.6 Å². The summed E-state index contributed by atoms with van der Waals surface area (Å²) in [5.74, 6) is -0.166. The molecule has 0 fully saturated rings. The molecule has 2 N–H and O–H groups in total. The first-order valence-corrected chi connectivity index (χ1v) is 8.84. The van der Waals surface area contributed by atoms with Gasteiger partial charge in [-0.3, -0.25) is 14.2 Å². The maximum Gasteiger partial charge on any atom is 0.261 e. The topological polar surface area (TPSA) is 94.2 Å². The molecule has 0 atom stereocenters. The summed E-state index contributed by atoms with van der Waals surface area (Å²) in [5.41, 5.74) is 1.74. The van der Waals surface area contributed by atoms with Crippen molar-refractivity contribution in [2.75, 3.05) is 12.4 Å². The summed E-state index contributed by atoms with van der Waals surface area (Å²) in [4.78, 5) is 13.0. The summed E-state index contributed by atoms with van der Waals surface area (Å²) in [6.07, 6.45) is 3.62. The molecule has 0 aliphatic carbocycles. The zero-order valence-electron chi connectivity index (χ0n) is 14.8. The lowest BCUT2D eigenvalue weighted by Gasteiger charge is -2.12. The molecule has 4 aromatic rings. The molecule has 2 heterocycles. The number of anilines is 1. The highest BCUT2D eigenvalue weighted by Crippen LogP contribution is 2.35. The number of nitrogens with one attached hydrogen (secondary N) is 1. The molecule has 0 radical (unpaired) electrons. The van der Waals surface area contributed by atoms with Gasteiger partial charge in [-0.1, -0.05) is 0 Å². The fourth-order valence-electron chi connectivity index (χ4n) is 3.09. The Kier molecular flexibility index (Phi) is 4.03. The number of fused-ring (bicyclic) bond motifs is 2. The maximum absolute atomic E-state index is 13.0. The van der Waals surface area contributed by atoms with E-state index in [1.54, 1.807) is 34.7 Å². The van der Waals surface area contributed by atoms with Crippen LogP contribution >= 0.6 is 15.9 Å². The number of amides is 1. The van der Waals surface area contributed by atoms with Crippen molar-refractivity contribution in [3.8, 4) is 11.5 Å². The standard InChI is InChI=1S/C18H16BrN5O3/c1-23-7-9-4-13(15(27-3)6-12(9)21-23)20-18(26)16-14(25)5-11(19)10-8-24(2)22-17(10)16/h4-8,25H,1-3H3,(H,20,26). The highest BCUT2D eigenvalue weighted by atomic mass is 79.9. The van der Waals surface area contributed by atoms with Gasteiger partial charge in [0.2, 0.25) is 0 Å². The van der Waals surface area contributed by atoms with E-state index in [9.17, 15) is 9.90 Å². The molecule has 1 amide bonds. The van der Waals surface area contributed by atoms with E-state index in [1.807, 2.05) is 13.2 Å². The summed E-state index contributed by atoms with van der Waals surface area (Å²) >= 11 is 3.39. The third kappa shape index (κ3) is 2.89. The number of rotatable bonds is 3. The number of phenolic OH excluding ortho intramolecular Hbond substituents is 1. The van der Waals surface area contributed by atoms with Crippen LogP contribution < -0.4 is 10.1 Å². The molecule has 27 heavy (non-hydrogen) atoms. The Labute approximate surface area is 162 Å². The maximum atomic E-state index is 13.0. The number of carbonyl (C=O) groups excluding carboxylic acids is 1. The molecule has 2 aromatic carbocycles.